The number of carbonyl (C=O) groups is 1. The quantitative estimate of drug-likeness (QED) is 0.392. The number of methoxy groups -OCH3 is 1. The zero-order valence-corrected chi connectivity index (χ0v) is 19.8. The predicted octanol–water partition coefficient (Wildman–Crippen LogP) is 4.13. The molecule has 1 saturated heterocycles. The predicted molar refractivity (Wildman–Crippen MR) is 126 cm³/mol. The number of hydrogen-bond acceptors (Lipinski definition) is 9. The Morgan fingerprint density at radius 1 is 1.26 bits per heavy atom. The molecule has 3 aromatic heterocycles. The van der Waals surface area contributed by atoms with E-state index in [4.69, 9.17) is 13.9 Å². The van der Waals surface area contributed by atoms with Gasteiger partial charge >= 0.3 is 5.97 Å². The summed E-state index contributed by atoms with van der Waals surface area (Å²) in [7, 11) is 1.63. The zero-order valence-electron chi connectivity index (χ0n) is 19.0. The molecular weight excluding hydrogens is 456 g/mol. The number of thiazole rings is 1. The van der Waals surface area contributed by atoms with E-state index in [0.717, 1.165) is 16.2 Å². The van der Waals surface area contributed by atoms with Crippen molar-refractivity contribution < 1.29 is 23.8 Å². The number of ether oxygens (including phenoxy) is 2. The van der Waals surface area contributed by atoms with Crippen molar-refractivity contribution >= 4 is 22.3 Å². The fourth-order valence-corrected chi connectivity index (χ4v) is 5.52. The maximum Gasteiger partial charge on any atom is 0.309 e. The van der Waals surface area contributed by atoms with Crippen LogP contribution in [-0.2, 0) is 9.53 Å². The third-order valence-electron chi connectivity index (χ3n) is 6.14. The first-order chi connectivity index (χ1) is 16.6. The second-order valence-electron chi connectivity index (χ2n) is 8.13. The molecule has 9 nitrogen and oxygen atoms in total. The minimum absolute atomic E-state index is 0.0543. The van der Waals surface area contributed by atoms with E-state index in [1.54, 1.807) is 25.5 Å². The Hall–Kier alpha value is -3.37. The number of nitrogens with zero attached hydrogens (tertiary/aromatic N) is 4. The van der Waals surface area contributed by atoms with E-state index < -0.39 is 0 Å². The van der Waals surface area contributed by atoms with Gasteiger partial charge in [0.15, 0.2) is 5.76 Å². The topological polar surface area (TPSA) is 102 Å². The standard InChI is InChI=1S/C24H26N4O5S/c1-3-32-23(30)16-10-12-27(13-11-16)19(15-6-8-17(31-2)9-7-15)20-22(29)28-24(34-20)25-21(26-28)18-5-4-14-33-18/h4-9,14,16,19,29H,3,10-13H2,1-2H3/t19-/m0/s1. The number of piperidine rings is 1. The highest BCUT2D eigenvalue weighted by molar-refractivity contribution is 7.17. The van der Waals surface area contributed by atoms with Gasteiger partial charge < -0.3 is 19.0 Å². The normalized spacial score (nSPS) is 16.1. The molecule has 1 aromatic carbocycles. The molecule has 1 atom stereocenters. The molecule has 1 aliphatic heterocycles. The highest BCUT2D eigenvalue weighted by Gasteiger charge is 2.34. The van der Waals surface area contributed by atoms with Crippen LogP contribution in [0.1, 0.15) is 36.2 Å². The number of furan rings is 1. The number of aromatic nitrogens is 3. The van der Waals surface area contributed by atoms with Crippen LogP contribution in [0.3, 0.4) is 0 Å². The Balaban J connectivity index is 1.48. The first-order valence-electron chi connectivity index (χ1n) is 11.3. The Kier molecular flexibility index (Phi) is 6.25. The molecule has 1 fully saturated rings. The molecule has 5 rings (SSSR count). The van der Waals surface area contributed by atoms with Gasteiger partial charge in [-0.2, -0.15) is 9.50 Å². The Bertz CT molecular complexity index is 1260. The number of hydrogen-bond donors (Lipinski definition) is 1. The van der Waals surface area contributed by atoms with Crippen LogP contribution in [-0.4, -0.2) is 57.4 Å². The number of rotatable bonds is 7. The second kappa shape index (κ2) is 9.47. The maximum absolute atomic E-state index is 12.2. The van der Waals surface area contributed by atoms with Crippen LogP contribution in [0.15, 0.2) is 47.1 Å². The maximum atomic E-state index is 12.2. The van der Waals surface area contributed by atoms with Crippen molar-refractivity contribution in [2.24, 2.45) is 5.92 Å². The minimum atomic E-state index is -0.213. The van der Waals surface area contributed by atoms with Crippen LogP contribution < -0.4 is 4.74 Å². The summed E-state index contributed by atoms with van der Waals surface area (Å²) in [5.74, 6) is 1.56. The van der Waals surface area contributed by atoms with Gasteiger partial charge in [0.25, 0.3) is 0 Å². The average molecular weight is 483 g/mol. The summed E-state index contributed by atoms with van der Waals surface area (Å²) in [6, 6.07) is 11.2. The highest BCUT2D eigenvalue weighted by atomic mass is 32.1. The minimum Gasteiger partial charge on any atom is -0.497 e. The lowest BCUT2D eigenvalue weighted by Gasteiger charge is -2.36. The molecular formula is C24H26N4O5S. The molecule has 0 unspecified atom stereocenters. The molecule has 0 radical (unpaired) electrons. The Morgan fingerprint density at radius 2 is 2.03 bits per heavy atom. The van der Waals surface area contributed by atoms with Crippen molar-refractivity contribution in [2.75, 3.05) is 26.8 Å². The summed E-state index contributed by atoms with van der Waals surface area (Å²) >= 11 is 1.40. The van der Waals surface area contributed by atoms with Crippen molar-refractivity contribution in [3.63, 3.8) is 0 Å². The van der Waals surface area contributed by atoms with Crippen LogP contribution in [0.2, 0.25) is 0 Å². The molecule has 0 aliphatic carbocycles. The molecule has 1 N–H and O–H groups in total. The molecule has 0 spiro atoms. The van der Waals surface area contributed by atoms with Crippen molar-refractivity contribution in [3.05, 3.63) is 53.1 Å². The van der Waals surface area contributed by atoms with Crippen molar-refractivity contribution in [1.82, 2.24) is 19.5 Å². The number of carbonyl (C=O) groups excluding carboxylic acids is 1. The fourth-order valence-electron chi connectivity index (χ4n) is 4.41. The van der Waals surface area contributed by atoms with Gasteiger partial charge in [-0.1, -0.05) is 23.5 Å². The van der Waals surface area contributed by atoms with E-state index in [1.165, 1.54) is 15.9 Å². The van der Waals surface area contributed by atoms with Gasteiger partial charge in [-0.15, -0.1) is 5.10 Å². The van der Waals surface area contributed by atoms with Crippen molar-refractivity contribution in [1.29, 1.82) is 0 Å². The largest absolute Gasteiger partial charge is 0.497 e. The molecule has 0 saturated carbocycles. The summed E-state index contributed by atoms with van der Waals surface area (Å²) < 4.78 is 17.4. The van der Waals surface area contributed by atoms with Gasteiger partial charge in [0.1, 0.15) is 5.75 Å². The lowest BCUT2D eigenvalue weighted by Crippen LogP contribution is -2.39. The molecule has 4 aromatic rings. The monoisotopic (exact) mass is 482 g/mol. The number of esters is 1. The van der Waals surface area contributed by atoms with Gasteiger partial charge in [-0.25, -0.2) is 0 Å². The van der Waals surface area contributed by atoms with Crippen molar-refractivity contribution in [2.45, 2.75) is 25.8 Å². The van der Waals surface area contributed by atoms with Crippen LogP contribution in [0, 0.1) is 5.92 Å². The molecule has 1 aliphatic rings. The SMILES string of the molecule is CCOC(=O)C1CCN([C@@H](c2ccc(OC)cc2)c2sc3nc(-c4ccco4)nn3c2O)CC1. The molecule has 0 bridgehead atoms. The van der Waals surface area contributed by atoms with E-state index in [1.807, 2.05) is 31.2 Å². The van der Waals surface area contributed by atoms with E-state index in [-0.39, 0.29) is 23.8 Å². The zero-order chi connectivity index (χ0) is 23.7. The van der Waals surface area contributed by atoms with E-state index in [2.05, 4.69) is 15.0 Å². The third-order valence-corrected chi connectivity index (χ3v) is 7.21. The summed E-state index contributed by atoms with van der Waals surface area (Å²) in [6.45, 7) is 3.62. The molecule has 0 amide bonds. The summed E-state index contributed by atoms with van der Waals surface area (Å²) in [4.78, 5) is 20.4. The van der Waals surface area contributed by atoms with E-state index >= 15 is 0 Å². The second-order valence-corrected chi connectivity index (χ2v) is 9.14. The smallest absolute Gasteiger partial charge is 0.309 e. The number of benzene rings is 1. The molecule has 34 heavy (non-hydrogen) atoms. The highest BCUT2D eigenvalue weighted by Crippen LogP contribution is 2.42. The van der Waals surface area contributed by atoms with Gasteiger partial charge in [0, 0.05) is 0 Å². The van der Waals surface area contributed by atoms with Crippen LogP contribution in [0.25, 0.3) is 16.5 Å². The van der Waals surface area contributed by atoms with E-state index in [0.29, 0.717) is 49.1 Å². The summed E-state index contributed by atoms with van der Waals surface area (Å²) in [5, 5.41) is 15.6. The first kappa shape index (κ1) is 22.4. The van der Waals surface area contributed by atoms with Gasteiger partial charge in [-0.05, 0) is 62.7 Å². The Labute approximate surface area is 200 Å². The van der Waals surface area contributed by atoms with Crippen LogP contribution >= 0.6 is 11.3 Å². The average Bonchev–Trinajstić information content (AvgIpc) is 3.59. The fraction of sp³-hybridized carbons (Fsp3) is 0.375. The summed E-state index contributed by atoms with van der Waals surface area (Å²) in [6.07, 6.45) is 2.97. The van der Waals surface area contributed by atoms with Gasteiger partial charge in [0.2, 0.25) is 16.7 Å². The third kappa shape index (κ3) is 4.14. The summed E-state index contributed by atoms with van der Waals surface area (Å²) in [5.41, 5.74) is 1.02. The van der Waals surface area contributed by atoms with E-state index in [9.17, 15) is 9.90 Å². The Morgan fingerprint density at radius 3 is 2.65 bits per heavy atom. The number of fused-ring (bicyclic) bond motifs is 1. The molecule has 10 heteroatoms. The van der Waals surface area contributed by atoms with Crippen molar-refractivity contribution in [3.8, 4) is 23.2 Å². The van der Waals surface area contributed by atoms with Crippen LogP contribution in [0.4, 0.5) is 0 Å². The van der Waals surface area contributed by atoms with Gasteiger partial charge in [0.05, 0.1) is 36.8 Å². The molecule has 4 heterocycles. The molecule has 178 valence electrons. The number of aromatic hydroxyl groups is 1. The van der Waals surface area contributed by atoms with Crippen LogP contribution in [0.5, 0.6) is 11.6 Å². The first-order valence-corrected chi connectivity index (χ1v) is 12.1. The van der Waals surface area contributed by atoms with Gasteiger partial charge in [-0.3, -0.25) is 9.69 Å². The lowest BCUT2D eigenvalue weighted by molar-refractivity contribution is -0.149. The number of likely N-dealkylation sites (tertiary alicyclic amines) is 1. The lowest BCUT2D eigenvalue weighted by atomic mass is 9.93.